The van der Waals surface area contributed by atoms with E-state index in [2.05, 4.69) is 4.98 Å². The zero-order valence-electron chi connectivity index (χ0n) is 15.8. The fourth-order valence-electron chi connectivity index (χ4n) is 3.25. The molecule has 142 valence electrons. The Morgan fingerprint density at radius 3 is 2.63 bits per heavy atom. The predicted molar refractivity (Wildman–Crippen MR) is 99.1 cm³/mol. The highest BCUT2D eigenvalue weighted by atomic mass is 16.5. The number of aromatic nitrogens is 1. The number of methoxy groups -OCH3 is 1. The van der Waals surface area contributed by atoms with Crippen molar-refractivity contribution in [2.45, 2.75) is 19.0 Å². The number of hydrogen-bond donors (Lipinski definition) is 0. The van der Waals surface area contributed by atoms with Crippen molar-refractivity contribution in [2.24, 2.45) is 0 Å². The van der Waals surface area contributed by atoms with Crippen molar-refractivity contribution < 1.29 is 19.1 Å². The zero-order valence-corrected chi connectivity index (χ0v) is 15.8. The molecule has 1 aliphatic heterocycles. The summed E-state index contributed by atoms with van der Waals surface area (Å²) in [6.45, 7) is 0.361. The molecule has 0 spiro atoms. The Kier molecular flexibility index (Phi) is 4.98. The summed E-state index contributed by atoms with van der Waals surface area (Å²) in [5.74, 6) is 0.0996. The number of amides is 4. The van der Waals surface area contributed by atoms with Crippen molar-refractivity contribution in [1.82, 2.24) is 19.7 Å². The Labute approximate surface area is 157 Å². The lowest BCUT2D eigenvalue weighted by atomic mass is 10.1. The van der Waals surface area contributed by atoms with Crippen molar-refractivity contribution in [3.8, 4) is 5.75 Å². The van der Waals surface area contributed by atoms with Crippen LogP contribution in [0.5, 0.6) is 5.75 Å². The summed E-state index contributed by atoms with van der Waals surface area (Å²) in [5.41, 5.74) is 1.66. The molecule has 3 rings (SSSR count). The first-order chi connectivity index (χ1) is 12.8. The largest absolute Gasteiger partial charge is 0.494 e. The van der Waals surface area contributed by atoms with Crippen molar-refractivity contribution in [3.63, 3.8) is 0 Å². The summed E-state index contributed by atoms with van der Waals surface area (Å²) >= 11 is 0. The van der Waals surface area contributed by atoms with E-state index in [1.165, 1.54) is 19.0 Å². The lowest BCUT2D eigenvalue weighted by Crippen LogP contribution is -2.38. The van der Waals surface area contributed by atoms with Crippen LogP contribution in [0.3, 0.4) is 0 Å². The summed E-state index contributed by atoms with van der Waals surface area (Å²) in [7, 11) is 6.22. The molecular formula is C19H22N4O4. The van der Waals surface area contributed by atoms with Gasteiger partial charge in [0.25, 0.3) is 5.91 Å². The monoisotopic (exact) mass is 370 g/mol. The summed E-state index contributed by atoms with van der Waals surface area (Å²) in [6.07, 6.45) is 1.65. The molecule has 1 aromatic carbocycles. The summed E-state index contributed by atoms with van der Waals surface area (Å²) in [4.78, 5) is 44.9. The molecule has 1 aromatic heterocycles. The molecule has 0 bridgehead atoms. The van der Waals surface area contributed by atoms with Crippen LogP contribution in [0.15, 0.2) is 30.5 Å². The lowest BCUT2D eigenvalue weighted by Gasteiger charge is -2.22. The number of fused-ring (bicyclic) bond motifs is 1. The molecule has 4 amide bonds. The molecule has 0 saturated carbocycles. The highest BCUT2D eigenvalue weighted by Gasteiger charge is 2.42. The molecule has 1 saturated heterocycles. The summed E-state index contributed by atoms with van der Waals surface area (Å²) in [5, 5.41) is 0.903. The molecule has 1 fully saturated rings. The van der Waals surface area contributed by atoms with Gasteiger partial charge in [0.05, 0.1) is 13.5 Å². The van der Waals surface area contributed by atoms with Crippen molar-refractivity contribution in [3.05, 3.63) is 36.0 Å². The first kappa shape index (κ1) is 18.6. The quantitative estimate of drug-likeness (QED) is 0.745. The number of urea groups is 1. The van der Waals surface area contributed by atoms with Crippen molar-refractivity contribution in [2.75, 3.05) is 28.3 Å². The third kappa shape index (κ3) is 3.30. The van der Waals surface area contributed by atoms with Gasteiger partial charge in [-0.3, -0.25) is 19.5 Å². The topological polar surface area (TPSA) is 83.0 Å². The minimum Gasteiger partial charge on any atom is -0.494 e. The number of imide groups is 1. The van der Waals surface area contributed by atoms with Crippen LogP contribution in [0.1, 0.15) is 12.0 Å². The van der Waals surface area contributed by atoms with Gasteiger partial charge >= 0.3 is 6.03 Å². The standard InChI is InChI=1S/C19H22N4O4/c1-21(16(24)10-14-18(25)23(3)19(26)22(14)2)11-12-7-8-15(27-4)17-13(12)6-5-9-20-17/h5-9,14H,10-11H2,1-4H3/t14-/m0/s1. The van der Waals surface area contributed by atoms with E-state index in [-0.39, 0.29) is 18.2 Å². The maximum Gasteiger partial charge on any atom is 0.326 e. The summed E-state index contributed by atoms with van der Waals surface area (Å²) < 4.78 is 5.34. The van der Waals surface area contributed by atoms with Gasteiger partial charge in [0.15, 0.2) is 0 Å². The molecule has 1 atom stereocenters. The Balaban J connectivity index is 1.77. The Morgan fingerprint density at radius 2 is 2.00 bits per heavy atom. The second-order valence-corrected chi connectivity index (χ2v) is 6.59. The van der Waals surface area contributed by atoms with Crippen LogP contribution >= 0.6 is 0 Å². The number of carbonyl (C=O) groups is 3. The first-order valence-electron chi connectivity index (χ1n) is 8.54. The van der Waals surface area contributed by atoms with Gasteiger partial charge in [0.1, 0.15) is 17.3 Å². The number of benzene rings is 1. The van der Waals surface area contributed by atoms with E-state index in [1.54, 1.807) is 25.3 Å². The smallest absolute Gasteiger partial charge is 0.326 e. The van der Waals surface area contributed by atoms with E-state index < -0.39 is 12.1 Å². The average Bonchev–Trinajstić information content (AvgIpc) is 2.86. The van der Waals surface area contributed by atoms with Crippen molar-refractivity contribution in [1.29, 1.82) is 0 Å². The molecule has 8 heteroatoms. The number of ether oxygens (including phenoxy) is 1. The SMILES string of the molecule is COc1ccc(CN(C)C(=O)C[C@H]2C(=O)N(C)C(=O)N2C)c2cccnc12. The molecule has 0 radical (unpaired) electrons. The van der Waals surface area contributed by atoms with Gasteiger partial charge in [0.2, 0.25) is 5.91 Å². The van der Waals surface area contributed by atoms with Crippen LogP contribution in [-0.4, -0.2) is 71.8 Å². The van der Waals surface area contributed by atoms with Crippen LogP contribution in [0.2, 0.25) is 0 Å². The van der Waals surface area contributed by atoms with Crippen LogP contribution in [-0.2, 0) is 16.1 Å². The Bertz CT molecular complexity index is 914. The maximum atomic E-state index is 12.6. The molecule has 0 unspecified atom stereocenters. The van der Waals surface area contributed by atoms with E-state index in [4.69, 9.17) is 4.74 Å². The number of likely N-dealkylation sites (N-methyl/N-ethyl adjacent to an activating group) is 2. The molecule has 2 heterocycles. The molecule has 0 aliphatic carbocycles. The van der Waals surface area contributed by atoms with E-state index in [0.717, 1.165) is 21.4 Å². The van der Waals surface area contributed by atoms with Gasteiger partial charge in [-0.1, -0.05) is 12.1 Å². The number of rotatable bonds is 5. The number of pyridine rings is 1. The number of hydrogen-bond acceptors (Lipinski definition) is 5. The minimum absolute atomic E-state index is 0.0474. The van der Waals surface area contributed by atoms with Gasteiger partial charge in [-0.15, -0.1) is 0 Å². The van der Waals surface area contributed by atoms with Gasteiger partial charge < -0.3 is 14.5 Å². The van der Waals surface area contributed by atoms with Gasteiger partial charge in [-0.2, -0.15) is 0 Å². The third-order valence-corrected chi connectivity index (χ3v) is 4.92. The molecular weight excluding hydrogens is 348 g/mol. The highest BCUT2D eigenvalue weighted by Crippen LogP contribution is 2.27. The Hall–Kier alpha value is -3.16. The van der Waals surface area contributed by atoms with Crippen LogP contribution in [0, 0.1) is 0 Å². The normalized spacial score (nSPS) is 17.0. The van der Waals surface area contributed by atoms with Crippen LogP contribution in [0.25, 0.3) is 10.9 Å². The molecule has 27 heavy (non-hydrogen) atoms. The number of carbonyl (C=O) groups excluding carboxylic acids is 3. The van der Waals surface area contributed by atoms with E-state index in [0.29, 0.717) is 12.3 Å². The lowest BCUT2D eigenvalue weighted by molar-refractivity contribution is -0.135. The fourth-order valence-corrected chi connectivity index (χ4v) is 3.25. The highest BCUT2D eigenvalue weighted by molar-refractivity contribution is 6.05. The van der Waals surface area contributed by atoms with Crippen molar-refractivity contribution >= 4 is 28.7 Å². The van der Waals surface area contributed by atoms with Gasteiger partial charge in [-0.05, 0) is 17.7 Å². The van der Waals surface area contributed by atoms with E-state index in [9.17, 15) is 14.4 Å². The second-order valence-electron chi connectivity index (χ2n) is 6.59. The number of nitrogens with zero attached hydrogens (tertiary/aromatic N) is 4. The molecule has 1 aliphatic rings. The molecule has 8 nitrogen and oxygen atoms in total. The van der Waals surface area contributed by atoms with E-state index >= 15 is 0 Å². The third-order valence-electron chi connectivity index (χ3n) is 4.92. The minimum atomic E-state index is -0.758. The average molecular weight is 370 g/mol. The Morgan fingerprint density at radius 1 is 1.26 bits per heavy atom. The summed E-state index contributed by atoms with van der Waals surface area (Å²) in [6, 6.07) is 6.34. The van der Waals surface area contributed by atoms with Gasteiger partial charge in [0, 0.05) is 39.3 Å². The second kappa shape index (κ2) is 7.22. The van der Waals surface area contributed by atoms with Gasteiger partial charge in [-0.25, -0.2) is 4.79 Å². The predicted octanol–water partition coefficient (Wildman–Crippen LogP) is 1.48. The van der Waals surface area contributed by atoms with Crippen LogP contribution < -0.4 is 4.74 Å². The maximum absolute atomic E-state index is 12.6. The first-order valence-corrected chi connectivity index (χ1v) is 8.54. The van der Waals surface area contributed by atoms with Crippen LogP contribution in [0.4, 0.5) is 4.79 Å². The molecule has 2 aromatic rings. The van der Waals surface area contributed by atoms with E-state index in [1.807, 2.05) is 24.3 Å². The fraction of sp³-hybridized carbons (Fsp3) is 0.368. The zero-order chi connectivity index (χ0) is 19.7. The molecule has 0 N–H and O–H groups in total.